The van der Waals surface area contributed by atoms with Crippen LogP contribution >= 0.6 is 11.3 Å². The van der Waals surface area contributed by atoms with E-state index in [9.17, 15) is 22.8 Å². The minimum atomic E-state index is -4.59. The molecule has 0 aliphatic rings. The second-order valence-corrected chi connectivity index (χ2v) is 7.96. The van der Waals surface area contributed by atoms with Gasteiger partial charge in [0.1, 0.15) is 6.54 Å². The third kappa shape index (κ3) is 6.07. The number of hydrogen-bond acceptors (Lipinski definition) is 3. The van der Waals surface area contributed by atoms with Gasteiger partial charge in [0, 0.05) is 22.4 Å². The number of carbonyl (C=O) groups is 2. The SMILES string of the molecule is CCN(CC(=O)Nc1ccccc1C(F)(F)F)C(=O)/C=C/c1ccc(-c2ccccc2)s1. The number of nitrogens with zero attached hydrogens (tertiary/aromatic N) is 1. The van der Waals surface area contributed by atoms with E-state index in [0.717, 1.165) is 21.4 Å². The first-order chi connectivity index (χ1) is 15.3. The van der Waals surface area contributed by atoms with Gasteiger partial charge in [0.15, 0.2) is 0 Å². The zero-order valence-corrected chi connectivity index (χ0v) is 18.0. The Morgan fingerprint density at radius 1 is 1.00 bits per heavy atom. The topological polar surface area (TPSA) is 49.4 Å². The fourth-order valence-electron chi connectivity index (χ4n) is 3.01. The molecule has 0 fully saturated rings. The van der Waals surface area contributed by atoms with Gasteiger partial charge in [0.2, 0.25) is 11.8 Å². The van der Waals surface area contributed by atoms with E-state index in [-0.39, 0.29) is 18.8 Å². The van der Waals surface area contributed by atoms with Crippen LogP contribution in [0.25, 0.3) is 16.5 Å². The number of thiophene rings is 1. The number of para-hydroxylation sites is 1. The summed E-state index contributed by atoms with van der Waals surface area (Å²) in [5.74, 6) is -1.10. The molecule has 2 amide bonds. The lowest BCUT2D eigenvalue weighted by Gasteiger charge is -2.19. The molecular formula is C24H21F3N2O2S. The number of rotatable bonds is 7. The number of benzene rings is 2. The maximum Gasteiger partial charge on any atom is 0.418 e. The molecule has 0 aliphatic heterocycles. The first-order valence-corrected chi connectivity index (χ1v) is 10.7. The quantitative estimate of drug-likeness (QED) is 0.446. The van der Waals surface area contributed by atoms with E-state index in [0.29, 0.717) is 0 Å². The first-order valence-electron chi connectivity index (χ1n) is 9.86. The predicted octanol–water partition coefficient (Wildman–Crippen LogP) is 5.93. The fraction of sp³-hybridized carbons (Fsp3) is 0.167. The van der Waals surface area contributed by atoms with Crippen LogP contribution in [0.3, 0.4) is 0 Å². The highest BCUT2D eigenvalue weighted by molar-refractivity contribution is 7.16. The third-order valence-electron chi connectivity index (χ3n) is 4.61. The molecule has 1 aromatic heterocycles. The van der Waals surface area contributed by atoms with Gasteiger partial charge < -0.3 is 10.2 Å². The molecule has 0 saturated heterocycles. The van der Waals surface area contributed by atoms with Crippen molar-refractivity contribution in [1.82, 2.24) is 4.90 Å². The van der Waals surface area contributed by atoms with Crippen molar-refractivity contribution < 1.29 is 22.8 Å². The largest absolute Gasteiger partial charge is 0.418 e. The van der Waals surface area contributed by atoms with Gasteiger partial charge in [-0.05, 0) is 42.8 Å². The van der Waals surface area contributed by atoms with Crippen LogP contribution in [0.1, 0.15) is 17.4 Å². The van der Waals surface area contributed by atoms with Crippen LogP contribution in [-0.4, -0.2) is 29.8 Å². The van der Waals surface area contributed by atoms with Gasteiger partial charge in [0.05, 0.1) is 11.3 Å². The Morgan fingerprint density at radius 2 is 1.69 bits per heavy atom. The van der Waals surface area contributed by atoms with Crippen LogP contribution in [0.5, 0.6) is 0 Å². The van der Waals surface area contributed by atoms with E-state index in [1.165, 1.54) is 40.5 Å². The summed E-state index contributed by atoms with van der Waals surface area (Å²) in [6.07, 6.45) is -1.56. The standard InChI is InChI=1S/C24H21F3N2O2S/c1-2-29(16-22(30)28-20-11-7-6-10-19(20)24(25,26)27)23(31)15-13-18-12-14-21(32-18)17-8-4-3-5-9-17/h3-15H,2,16H2,1H3,(H,28,30)/b15-13+. The summed E-state index contributed by atoms with van der Waals surface area (Å²) in [6.45, 7) is 1.57. The molecular weight excluding hydrogens is 437 g/mol. The van der Waals surface area contributed by atoms with Crippen molar-refractivity contribution in [3.63, 3.8) is 0 Å². The zero-order chi connectivity index (χ0) is 23.1. The Balaban J connectivity index is 1.63. The molecule has 0 atom stereocenters. The lowest BCUT2D eigenvalue weighted by Crippen LogP contribution is -2.37. The second-order valence-electron chi connectivity index (χ2n) is 6.85. The molecule has 32 heavy (non-hydrogen) atoms. The number of anilines is 1. The Morgan fingerprint density at radius 3 is 2.38 bits per heavy atom. The summed E-state index contributed by atoms with van der Waals surface area (Å²) in [4.78, 5) is 28.0. The molecule has 0 radical (unpaired) electrons. The summed E-state index contributed by atoms with van der Waals surface area (Å²) >= 11 is 1.52. The van der Waals surface area contributed by atoms with Gasteiger partial charge in [0.25, 0.3) is 0 Å². The summed E-state index contributed by atoms with van der Waals surface area (Å²) < 4.78 is 39.3. The number of amides is 2. The highest BCUT2D eigenvalue weighted by atomic mass is 32.1. The van der Waals surface area contributed by atoms with Crippen LogP contribution in [0.15, 0.2) is 72.8 Å². The highest BCUT2D eigenvalue weighted by Gasteiger charge is 2.33. The molecule has 3 aromatic rings. The second kappa shape index (κ2) is 10.3. The summed E-state index contributed by atoms with van der Waals surface area (Å²) in [6, 6.07) is 18.4. The average Bonchev–Trinajstić information content (AvgIpc) is 3.25. The molecule has 1 N–H and O–H groups in total. The Kier molecular flexibility index (Phi) is 7.48. The Hall–Kier alpha value is -3.39. The predicted molar refractivity (Wildman–Crippen MR) is 121 cm³/mol. The molecule has 0 saturated carbocycles. The van der Waals surface area contributed by atoms with E-state index in [1.54, 1.807) is 13.0 Å². The van der Waals surface area contributed by atoms with Crippen molar-refractivity contribution >= 4 is 34.9 Å². The van der Waals surface area contributed by atoms with Crippen molar-refractivity contribution in [2.45, 2.75) is 13.1 Å². The Bertz CT molecular complexity index is 1110. The molecule has 2 aromatic carbocycles. The highest BCUT2D eigenvalue weighted by Crippen LogP contribution is 2.34. The van der Waals surface area contributed by atoms with Crippen molar-refractivity contribution in [1.29, 1.82) is 0 Å². The normalized spacial score (nSPS) is 11.5. The molecule has 1 heterocycles. The number of halogens is 3. The lowest BCUT2D eigenvalue weighted by atomic mass is 10.1. The molecule has 166 valence electrons. The lowest BCUT2D eigenvalue weighted by molar-refractivity contribution is -0.137. The van der Waals surface area contributed by atoms with Gasteiger partial charge in [-0.15, -0.1) is 11.3 Å². The number of carbonyl (C=O) groups excluding carboxylic acids is 2. The van der Waals surface area contributed by atoms with Crippen LogP contribution in [0.4, 0.5) is 18.9 Å². The molecule has 3 rings (SSSR count). The van der Waals surface area contributed by atoms with Gasteiger partial charge >= 0.3 is 6.18 Å². The van der Waals surface area contributed by atoms with Crippen molar-refractivity contribution in [2.75, 3.05) is 18.4 Å². The van der Waals surface area contributed by atoms with Crippen molar-refractivity contribution in [3.05, 3.63) is 83.2 Å². The maximum atomic E-state index is 13.1. The average molecular weight is 459 g/mol. The summed E-state index contributed by atoms with van der Waals surface area (Å²) in [7, 11) is 0. The van der Waals surface area contributed by atoms with Crippen LogP contribution < -0.4 is 5.32 Å². The molecule has 4 nitrogen and oxygen atoms in total. The molecule has 8 heteroatoms. The number of nitrogens with one attached hydrogen (secondary N) is 1. The number of hydrogen-bond donors (Lipinski definition) is 1. The Labute approximate surface area is 188 Å². The summed E-state index contributed by atoms with van der Waals surface area (Å²) in [5, 5.41) is 2.26. The van der Waals surface area contributed by atoms with Crippen LogP contribution in [0, 0.1) is 0 Å². The van der Waals surface area contributed by atoms with E-state index in [4.69, 9.17) is 0 Å². The number of alkyl halides is 3. The minimum Gasteiger partial charge on any atom is -0.330 e. The monoisotopic (exact) mass is 458 g/mol. The smallest absolute Gasteiger partial charge is 0.330 e. The fourth-order valence-corrected chi connectivity index (χ4v) is 3.92. The molecule has 0 unspecified atom stereocenters. The number of likely N-dealkylation sites (N-methyl/N-ethyl adjacent to an activating group) is 1. The minimum absolute atomic E-state index is 0.233. The van der Waals surface area contributed by atoms with Crippen LogP contribution in [0.2, 0.25) is 0 Å². The van der Waals surface area contributed by atoms with E-state index < -0.39 is 23.6 Å². The van der Waals surface area contributed by atoms with Gasteiger partial charge in [-0.1, -0.05) is 42.5 Å². The maximum absolute atomic E-state index is 13.1. The van der Waals surface area contributed by atoms with Crippen molar-refractivity contribution in [3.8, 4) is 10.4 Å². The van der Waals surface area contributed by atoms with Gasteiger partial charge in [-0.25, -0.2) is 0 Å². The van der Waals surface area contributed by atoms with E-state index in [1.807, 2.05) is 42.5 Å². The van der Waals surface area contributed by atoms with Crippen molar-refractivity contribution in [2.24, 2.45) is 0 Å². The molecule has 0 bridgehead atoms. The van der Waals surface area contributed by atoms with E-state index >= 15 is 0 Å². The van der Waals surface area contributed by atoms with Gasteiger partial charge in [-0.2, -0.15) is 13.2 Å². The third-order valence-corrected chi connectivity index (χ3v) is 5.71. The summed E-state index contributed by atoms with van der Waals surface area (Å²) in [5.41, 5.74) is -0.194. The molecule has 0 spiro atoms. The first kappa shape index (κ1) is 23.3. The van der Waals surface area contributed by atoms with E-state index in [2.05, 4.69) is 5.32 Å². The van der Waals surface area contributed by atoms with Crippen LogP contribution in [-0.2, 0) is 15.8 Å². The van der Waals surface area contributed by atoms with Gasteiger partial charge in [-0.3, -0.25) is 9.59 Å². The zero-order valence-electron chi connectivity index (χ0n) is 17.2. The molecule has 0 aliphatic carbocycles.